The number of hydrogen-bond donors (Lipinski definition) is 1. The SMILES string of the molecule is COC(=O)c1ccsc1NC(=O)c1cnn2c1OCCC2. The fourth-order valence-electron chi connectivity index (χ4n) is 2.07. The molecular formula is C13H13N3O4S. The van der Waals surface area contributed by atoms with Gasteiger partial charge >= 0.3 is 5.97 Å². The van der Waals surface area contributed by atoms with Crippen LogP contribution in [0.1, 0.15) is 27.1 Å². The standard InChI is InChI=1S/C13H13N3O4S/c1-19-13(18)8-3-6-21-11(8)15-10(17)9-7-14-16-4-2-5-20-12(9)16/h3,6-7H,2,4-5H2,1H3,(H,15,17). The first kappa shape index (κ1) is 13.6. The zero-order valence-electron chi connectivity index (χ0n) is 11.3. The van der Waals surface area contributed by atoms with E-state index in [2.05, 4.69) is 15.2 Å². The van der Waals surface area contributed by atoms with Gasteiger partial charge in [-0.1, -0.05) is 0 Å². The third kappa shape index (κ3) is 2.49. The van der Waals surface area contributed by atoms with E-state index in [4.69, 9.17) is 4.74 Å². The molecule has 0 aliphatic carbocycles. The van der Waals surface area contributed by atoms with Crippen molar-refractivity contribution in [3.63, 3.8) is 0 Å². The van der Waals surface area contributed by atoms with Crippen LogP contribution in [0, 0.1) is 0 Å². The van der Waals surface area contributed by atoms with Crippen molar-refractivity contribution in [2.24, 2.45) is 0 Å². The molecule has 8 heteroatoms. The van der Waals surface area contributed by atoms with Gasteiger partial charge < -0.3 is 14.8 Å². The van der Waals surface area contributed by atoms with Crippen molar-refractivity contribution in [3.05, 3.63) is 28.8 Å². The van der Waals surface area contributed by atoms with Crippen LogP contribution in [-0.4, -0.2) is 35.4 Å². The Morgan fingerprint density at radius 2 is 2.33 bits per heavy atom. The molecule has 2 aromatic rings. The highest BCUT2D eigenvalue weighted by atomic mass is 32.1. The number of aromatic nitrogens is 2. The van der Waals surface area contributed by atoms with Gasteiger partial charge in [0.25, 0.3) is 5.91 Å². The zero-order valence-corrected chi connectivity index (χ0v) is 12.1. The maximum absolute atomic E-state index is 12.3. The number of carbonyl (C=O) groups is 2. The van der Waals surface area contributed by atoms with Crippen molar-refractivity contribution in [2.45, 2.75) is 13.0 Å². The van der Waals surface area contributed by atoms with Crippen molar-refractivity contribution in [3.8, 4) is 5.88 Å². The third-order valence-electron chi connectivity index (χ3n) is 3.09. The average molecular weight is 307 g/mol. The smallest absolute Gasteiger partial charge is 0.340 e. The summed E-state index contributed by atoms with van der Waals surface area (Å²) in [6.07, 6.45) is 2.34. The van der Waals surface area contributed by atoms with Gasteiger partial charge in [-0.2, -0.15) is 5.10 Å². The fourth-order valence-corrected chi connectivity index (χ4v) is 2.84. The van der Waals surface area contributed by atoms with Gasteiger partial charge in [0.15, 0.2) is 0 Å². The minimum atomic E-state index is -0.486. The molecule has 7 nitrogen and oxygen atoms in total. The molecular weight excluding hydrogens is 294 g/mol. The summed E-state index contributed by atoms with van der Waals surface area (Å²) in [5.41, 5.74) is 0.691. The predicted molar refractivity (Wildman–Crippen MR) is 76.0 cm³/mol. The quantitative estimate of drug-likeness (QED) is 0.874. The lowest BCUT2D eigenvalue weighted by molar-refractivity contribution is 0.0602. The molecule has 1 amide bonds. The molecule has 0 bridgehead atoms. The van der Waals surface area contributed by atoms with Crippen LogP contribution in [0.4, 0.5) is 5.00 Å². The summed E-state index contributed by atoms with van der Waals surface area (Å²) in [5.74, 6) is -0.375. The Hall–Kier alpha value is -2.35. The van der Waals surface area contributed by atoms with E-state index in [-0.39, 0.29) is 5.91 Å². The number of nitrogens with zero attached hydrogens (tertiary/aromatic N) is 2. The normalized spacial score (nSPS) is 13.2. The maximum Gasteiger partial charge on any atom is 0.340 e. The van der Waals surface area contributed by atoms with Crippen LogP contribution in [0.2, 0.25) is 0 Å². The van der Waals surface area contributed by atoms with Crippen LogP contribution in [-0.2, 0) is 11.3 Å². The number of amides is 1. The summed E-state index contributed by atoms with van der Waals surface area (Å²) in [7, 11) is 1.30. The van der Waals surface area contributed by atoms with Crippen LogP contribution in [0.3, 0.4) is 0 Å². The summed E-state index contributed by atoms with van der Waals surface area (Å²) in [6, 6.07) is 1.61. The molecule has 1 aliphatic rings. The minimum absolute atomic E-state index is 0.331. The predicted octanol–water partition coefficient (Wildman–Crippen LogP) is 1.77. The van der Waals surface area contributed by atoms with Gasteiger partial charge in [-0.15, -0.1) is 11.3 Å². The van der Waals surface area contributed by atoms with E-state index in [9.17, 15) is 9.59 Å². The van der Waals surface area contributed by atoms with Gasteiger partial charge in [0.1, 0.15) is 10.6 Å². The van der Waals surface area contributed by atoms with Crippen LogP contribution in [0.5, 0.6) is 5.88 Å². The number of ether oxygens (including phenoxy) is 2. The van der Waals surface area contributed by atoms with E-state index in [1.807, 2.05) is 0 Å². The number of esters is 1. The third-order valence-corrected chi connectivity index (χ3v) is 3.92. The van der Waals surface area contributed by atoms with Crippen molar-refractivity contribution in [1.82, 2.24) is 9.78 Å². The Morgan fingerprint density at radius 3 is 3.14 bits per heavy atom. The highest BCUT2D eigenvalue weighted by Crippen LogP contribution is 2.27. The van der Waals surface area contributed by atoms with Crippen LogP contribution < -0.4 is 10.1 Å². The molecule has 0 spiro atoms. The van der Waals surface area contributed by atoms with E-state index in [1.165, 1.54) is 24.6 Å². The maximum atomic E-state index is 12.3. The Labute approximate surface area is 124 Å². The van der Waals surface area contributed by atoms with Gasteiger partial charge in [0.2, 0.25) is 5.88 Å². The molecule has 1 aliphatic heterocycles. The van der Waals surface area contributed by atoms with E-state index in [0.717, 1.165) is 13.0 Å². The lowest BCUT2D eigenvalue weighted by atomic mass is 10.3. The lowest BCUT2D eigenvalue weighted by Crippen LogP contribution is -2.18. The molecule has 3 heterocycles. The second-order valence-corrected chi connectivity index (χ2v) is 5.31. The Morgan fingerprint density at radius 1 is 1.48 bits per heavy atom. The highest BCUT2D eigenvalue weighted by Gasteiger charge is 2.23. The first-order valence-electron chi connectivity index (χ1n) is 6.36. The summed E-state index contributed by atoms with van der Waals surface area (Å²) >= 11 is 1.26. The number of carbonyl (C=O) groups excluding carboxylic acids is 2. The van der Waals surface area contributed by atoms with Crippen molar-refractivity contribution in [1.29, 1.82) is 0 Å². The van der Waals surface area contributed by atoms with Gasteiger partial charge in [0, 0.05) is 13.0 Å². The average Bonchev–Trinajstić information content (AvgIpc) is 3.12. The first-order valence-corrected chi connectivity index (χ1v) is 7.24. The topological polar surface area (TPSA) is 82.5 Å². The van der Waals surface area contributed by atoms with E-state index in [1.54, 1.807) is 16.1 Å². The monoisotopic (exact) mass is 307 g/mol. The molecule has 0 saturated carbocycles. The summed E-state index contributed by atoms with van der Waals surface area (Å²) < 4.78 is 11.8. The molecule has 0 aromatic carbocycles. The number of anilines is 1. The van der Waals surface area contributed by atoms with Gasteiger partial charge in [-0.3, -0.25) is 4.79 Å². The number of methoxy groups -OCH3 is 1. The fraction of sp³-hybridized carbons (Fsp3) is 0.308. The summed E-state index contributed by atoms with van der Waals surface area (Å²) in [4.78, 5) is 23.9. The molecule has 1 N–H and O–H groups in total. The molecule has 3 rings (SSSR count). The van der Waals surface area contributed by atoms with Crippen molar-refractivity contribution in [2.75, 3.05) is 19.0 Å². The molecule has 0 radical (unpaired) electrons. The highest BCUT2D eigenvalue weighted by molar-refractivity contribution is 7.14. The second-order valence-electron chi connectivity index (χ2n) is 4.40. The summed E-state index contributed by atoms with van der Waals surface area (Å²) in [5, 5.41) is 8.99. The van der Waals surface area contributed by atoms with Crippen LogP contribution >= 0.6 is 11.3 Å². The van der Waals surface area contributed by atoms with Crippen LogP contribution in [0.25, 0.3) is 0 Å². The number of nitrogens with one attached hydrogen (secondary N) is 1. The number of rotatable bonds is 3. The molecule has 0 unspecified atom stereocenters. The number of aryl methyl sites for hydroxylation is 1. The Kier molecular flexibility index (Phi) is 3.61. The molecule has 110 valence electrons. The van der Waals surface area contributed by atoms with E-state index in [0.29, 0.717) is 28.6 Å². The van der Waals surface area contributed by atoms with E-state index < -0.39 is 5.97 Å². The Balaban J connectivity index is 1.83. The largest absolute Gasteiger partial charge is 0.477 e. The zero-order chi connectivity index (χ0) is 14.8. The molecule has 21 heavy (non-hydrogen) atoms. The minimum Gasteiger partial charge on any atom is -0.477 e. The van der Waals surface area contributed by atoms with Gasteiger partial charge in [0.05, 0.1) is 25.5 Å². The first-order chi connectivity index (χ1) is 10.2. The molecule has 0 saturated heterocycles. The number of thiophene rings is 1. The van der Waals surface area contributed by atoms with E-state index >= 15 is 0 Å². The van der Waals surface area contributed by atoms with Gasteiger partial charge in [-0.25, -0.2) is 9.48 Å². The summed E-state index contributed by atoms with van der Waals surface area (Å²) in [6.45, 7) is 1.30. The van der Waals surface area contributed by atoms with Crippen molar-refractivity contribution >= 4 is 28.2 Å². The Bertz CT molecular complexity index is 691. The van der Waals surface area contributed by atoms with Crippen molar-refractivity contribution < 1.29 is 19.1 Å². The van der Waals surface area contributed by atoms with Crippen LogP contribution in [0.15, 0.2) is 17.6 Å². The second kappa shape index (κ2) is 5.57. The number of hydrogen-bond acceptors (Lipinski definition) is 6. The molecule has 0 fully saturated rings. The molecule has 0 atom stereocenters. The number of fused-ring (bicyclic) bond motifs is 1. The molecule has 2 aromatic heterocycles. The van der Waals surface area contributed by atoms with Gasteiger partial charge in [-0.05, 0) is 11.4 Å². The lowest BCUT2D eigenvalue weighted by Gasteiger charge is -2.15.